The third-order valence-corrected chi connectivity index (χ3v) is 3.82. The highest BCUT2D eigenvalue weighted by molar-refractivity contribution is 7.08. The van der Waals surface area contributed by atoms with E-state index in [2.05, 4.69) is 5.32 Å². The summed E-state index contributed by atoms with van der Waals surface area (Å²) in [4.78, 5) is 23.2. The largest absolute Gasteiger partial charge is 0.455 e. The van der Waals surface area contributed by atoms with Gasteiger partial charge in [0.05, 0.1) is 17.7 Å². The number of esters is 1. The van der Waals surface area contributed by atoms with Gasteiger partial charge in [0.2, 0.25) is 0 Å². The first-order valence-corrected chi connectivity index (χ1v) is 7.91. The van der Waals surface area contributed by atoms with Crippen molar-refractivity contribution in [1.82, 2.24) is 0 Å². The SMILES string of the molecule is O=C(COC(=O)Cc1ccsc1)Nc1ccc(Cl)cc1C(F)(F)F. The van der Waals surface area contributed by atoms with Gasteiger partial charge >= 0.3 is 12.1 Å². The lowest BCUT2D eigenvalue weighted by Crippen LogP contribution is -2.23. The Hall–Kier alpha value is -2.06. The summed E-state index contributed by atoms with van der Waals surface area (Å²) in [5, 5.41) is 5.50. The van der Waals surface area contributed by atoms with E-state index in [0.717, 1.165) is 11.6 Å². The Morgan fingerprint density at radius 2 is 2.00 bits per heavy atom. The Labute approximate surface area is 144 Å². The topological polar surface area (TPSA) is 55.4 Å². The van der Waals surface area contributed by atoms with Gasteiger partial charge < -0.3 is 10.1 Å². The van der Waals surface area contributed by atoms with Crippen molar-refractivity contribution in [2.45, 2.75) is 12.6 Å². The second-order valence-corrected chi connectivity index (χ2v) is 5.92. The Morgan fingerprint density at radius 1 is 1.25 bits per heavy atom. The van der Waals surface area contributed by atoms with E-state index >= 15 is 0 Å². The monoisotopic (exact) mass is 377 g/mol. The highest BCUT2D eigenvalue weighted by Crippen LogP contribution is 2.36. The van der Waals surface area contributed by atoms with E-state index in [4.69, 9.17) is 16.3 Å². The molecule has 0 aliphatic heterocycles. The summed E-state index contributed by atoms with van der Waals surface area (Å²) in [6.07, 6.45) is -4.69. The third-order valence-electron chi connectivity index (χ3n) is 2.85. The summed E-state index contributed by atoms with van der Waals surface area (Å²) in [5.41, 5.74) is -0.791. The summed E-state index contributed by atoms with van der Waals surface area (Å²) < 4.78 is 43.5. The van der Waals surface area contributed by atoms with E-state index in [1.807, 2.05) is 0 Å². The zero-order valence-corrected chi connectivity index (χ0v) is 13.6. The minimum Gasteiger partial charge on any atom is -0.455 e. The fourth-order valence-electron chi connectivity index (χ4n) is 1.80. The number of benzene rings is 1. The molecular weight excluding hydrogens is 367 g/mol. The molecule has 2 aromatic rings. The van der Waals surface area contributed by atoms with Gasteiger partial charge in [0, 0.05) is 5.02 Å². The zero-order valence-electron chi connectivity index (χ0n) is 12.0. The average Bonchev–Trinajstić information content (AvgIpc) is 2.99. The Morgan fingerprint density at radius 3 is 2.62 bits per heavy atom. The van der Waals surface area contributed by atoms with Crippen LogP contribution < -0.4 is 5.32 Å². The van der Waals surface area contributed by atoms with Gasteiger partial charge in [-0.25, -0.2) is 0 Å². The number of hydrogen-bond acceptors (Lipinski definition) is 4. The van der Waals surface area contributed by atoms with E-state index in [-0.39, 0.29) is 11.4 Å². The molecule has 0 radical (unpaired) electrons. The number of ether oxygens (including phenoxy) is 1. The molecule has 0 aliphatic rings. The van der Waals surface area contributed by atoms with Gasteiger partial charge in [-0.05, 0) is 40.6 Å². The number of alkyl halides is 3. The predicted molar refractivity (Wildman–Crippen MR) is 84.1 cm³/mol. The third kappa shape index (κ3) is 5.24. The molecule has 0 aliphatic carbocycles. The zero-order chi connectivity index (χ0) is 17.7. The molecule has 0 spiro atoms. The Balaban J connectivity index is 1.94. The van der Waals surface area contributed by atoms with Gasteiger partial charge in [0.1, 0.15) is 0 Å². The molecule has 1 heterocycles. The van der Waals surface area contributed by atoms with Crippen LogP contribution in [0.1, 0.15) is 11.1 Å². The van der Waals surface area contributed by atoms with Gasteiger partial charge in [0.15, 0.2) is 6.61 Å². The van der Waals surface area contributed by atoms with Crippen LogP contribution >= 0.6 is 22.9 Å². The van der Waals surface area contributed by atoms with E-state index in [0.29, 0.717) is 6.07 Å². The molecule has 1 aromatic heterocycles. The smallest absolute Gasteiger partial charge is 0.418 e. The molecule has 1 aromatic carbocycles. The lowest BCUT2D eigenvalue weighted by molar-refractivity contribution is -0.146. The molecule has 128 valence electrons. The summed E-state index contributed by atoms with van der Waals surface area (Å²) in [6.45, 7) is -0.678. The molecule has 0 atom stereocenters. The van der Waals surface area contributed by atoms with Crippen LogP contribution in [0.15, 0.2) is 35.0 Å². The van der Waals surface area contributed by atoms with Gasteiger partial charge in [-0.2, -0.15) is 24.5 Å². The van der Waals surface area contributed by atoms with Gasteiger partial charge in [-0.15, -0.1) is 0 Å². The summed E-state index contributed by atoms with van der Waals surface area (Å²) >= 11 is 6.96. The van der Waals surface area contributed by atoms with Crippen LogP contribution in [-0.4, -0.2) is 18.5 Å². The van der Waals surface area contributed by atoms with Crippen LogP contribution in [0.3, 0.4) is 0 Å². The predicted octanol–water partition coefficient (Wildman–Crippen LogP) is 4.14. The van der Waals surface area contributed by atoms with Gasteiger partial charge in [0.25, 0.3) is 5.91 Å². The van der Waals surface area contributed by atoms with Crippen molar-refractivity contribution in [3.05, 3.63) is 51.2 Å². The number of halogens is 4. The first-order chi connectivity index (χ1) is 11.3. The number of hydrogen-bond donors (Lipinski definition) is 1. The molecule has 0 bridgehead atoms. The number of amides is 1. The van der Waals surface area contributed by atoms with E-state index in [9.17, 15) is 22.8 Å². The van der Waals surface area contributed by atoms with Crippen molar-refractivity contribution in [2.75, 3.05) is 11.9 Å². The van der Waals surface area contributed by atoms with E-state index in [1.165, 1.54) is 17.4 Å². The second kappa shape index (κ2) is 7.67. The van der Waals surface area contributed by atoms with E-state index in [1.54, 1.807) is 16.8 Å². The van der Waals surface area contributed by atoms with Gasteiger partial charge in [-0.3, -0.25) is 9.59 Å². The van der Waals surface area contributed by atoms with Crippen molar-refractivity contribution < 1.29 is 27.5 Å². The van der Waals surface area contributed by atoms with Crippen molar-refractivity contribution in [3.63, 3.8) is 0 Å². The maximum Gasteiger partial charge on any atom is 0.418 e. The maximum atomic E-state index is 12.9. The molecule has 0 fully saturated rings. The highest BCUT2D eigenvalue weighted by atomic mass is 35.5. The average molecular weight is 378 g/mol. The Kier molecular flexibility index (Phi) is 5.84. The van der Waals surface area contributed by atoms with Crippen LogP contribution in [-0.2, 0) is 26.9 Å². The first kappa shape index (κ1) is 18.3. The number of thiophene rings is 1. The van der Waals surface area contributed by atoms with Crippen LogP contribution in [0.2, 0.25) is 5.02 Å². The number of carbonyl (C=O) groups excluding carboxylic acids is 2. The maximum absolute atomic E-state index is 12.9. The summed E-state index contributed by atoms with van der Waals surface area (Å²) in [5.74, 6) is -1.52. The van der Waals surface area contributed by atoms with Crippen molar-refractivity contribution in [2.24, 2.45) is 0 Å². The number of nitrogens with one attached hydrogen (secondary N) is 1. The molecule has 2 rings (SSSR count). The molecule has 1 amide bonds. The summed E-state index contributed by atoms with van der Waals surface area (Å²) in [6, 6.07) is 4.69. The minimum absolute atomic E-state index is 0.00841. The van der Waals surface area contributed by atoms with E-state index < -0.39 is 35.9 Å². The Bertz CT molecular complexity index is 732. The van der Waals surface area contributed by atoms with Crippen LogP contribution in [0.5, 0.6) is 0 Å². The molecule has 0 saturated heterocycles. The summed E-state index contributed by atoms with van der Waals surface area (Å²) in [7, 11) is 0. The molecule has 24 heavy (non-hydrogen) atoms. The molecule has 0 unspecified atom stereocenters. The number of rotatable bonds is 5. The molecule has 4 nitrogen and oxygen atoms in total. The highest BCUT2D eigenvalue weighted by Gasteiger charge is 2.34. The minimum atomic E-state index is -4.68. The van der Waals surface area contributed by atoms with Crippen molar-refractivity contribution in [1.29, 1.82) is 0 Å². The van der Waals surface area contributed by atoms with Crippen LogP contribution in [0.4, 0.5) is 18.9 Å². The molecule has 9 heteroatoms. The molecule has 0 saturated carbocycles. The number of anilines is 1. The lowest BCUT2D eigenvalue weighted by Gasteiger charge is -2.14. The van der Waals surface area contributed by atoms with Crippen LogP contribution in [0.25, 0.3) is 0 Å². The standard InChI is InChI=1S/C15H11ClF3NO3S/c16-10-1-2-12(11(6-10)15(17,18)19)20-13(21)7-23-14(22)5-9-3-4-24-8-9/h1-4,6,8H,5,7H2,(H,20,21). The lowest BCUT2D eigenvalue weighted by atomic mass is 10.1. The molecule has 1 N–H and O–H groups in total. The fraction of sp³-hybridized carbons (Fsp3) is 0.200. The molecular formula is C15H11ClF3NO3S. The van der Waals surface area contributed by atoms with Crippen LogP contribution in [0, 0.1) is 0 Å². The quantitative estimate of drug-likeness (QED) is 0.796. The number of carbonyl (C=O) groups is 2. The van der Waals surface area contributed by atoms with Crippen molar-refractivity contribution >= 4 is 40.5 Å². The normalized spacial score (nSPS) is 11.2. The second-order valence-electron chi connectivity index (χ2n) is 4.70. The van der Waals surface area contributed by atoms with Crippen molar-refractivity contribution in [3.8, 4) is 0 Å². The first-order valence-electron chi connectivity index (χ1n) is 6.59. The van der Waals surface area contributed by atoms with Gasteiger partial charge in [-0.1, -0.05) is 11.6 Å². The fourth-order valence-corrected chi connectivity index (χ4v) is 2.64.